The third-order valence-corrected chi connectivity index (χ3v) is 1.50. The van der Waals surface area contributed by atoms with Gasteiger partial charge in [0.1, 0.15) is 0 Å². The average Bonchev–Trinajstić information content (AvgIpc) is 2.19. The third-order valence-electron chi connectivity index (χ3n) is 1.50. The molecule has 0 radical (unpaired) electrons. The van der Waals surface area contributed by atoms with Gasteiger partial charge in [-0.3, -0.25) is 4.90 Å². The molecular formula is C9H12N6. The van der Waals surface area contributed by atoms with Crippen molar-refractivity contribution in [3.8, 4) is 0 Å². The van der Waals surface area contributed by atoms with Gasteiger partial charge in [0.05, 0.1) is 0 Å². The molecule has 1 rings (SSSR count). The van der Waals surface area contributed by atoms with Crippen LogP contribution in [0.2, 0.25) is 0 Å². The van der Waals surface area contributed by atoms with Crippen LogP contribution in [0.5, 0.6) is 0 Å². The van der Waals surface area contributed by atoms with E-state index < -0.39 is 0 Å². The maximum Gasteiger partial charge on any atom is 0.240 e. The standard InChI is InChI=1S/C9H12N6/c1-4-11-8-12-7(10)13-9(14-8)15(5-2)6-3/h4-6H,1-3H2,(H3,10,11,12,13,14). The van der Waals surface area contributed by atoms with Crippen LogP contribution in [0.4, 0.5) is 17.8 Å². The van der Waals surface area contributed by atoms with E-state index in [0.29, 0.717) is 11.9 Å². The molecule has 0 unspecified atom stereocenters. The van der Waals surface area contributed by atoms with Crippen LogP contribution < -0.4 is 16.0 Å². The summed E-state index contributed by atoms with van der Waals surface area (Å²) in [6.07, 6.45) is 4.48. The molecular weight excluding hydrogens is 192 g/mol. The molecule has 0 amide bonds. The molecule has 0 saturated carbocycles. The van der Waals surface area contributed by atoms with Crippen molar-refractivity contribution in [1.82, 2.24) is 15.0 Å². The Kier molecular flexibility index (Phi) is 3.39. The molecule has 0 saturated heterocycles. The number of hydrogen-bond donors (Lipinski definition) is 2. The summed E-state index contributed by atoms with van der Waals surface area (Å²) >= 11 is 0. The summed E-state index contributed by atoms with van der Waals surface area (Å²) in [6.45, 7) is 10.7. The minimum Gasteiger partial charge on any atom is -0.368 e. The van der Waals surface area contributed by atoms with Gasteiger partial charge in [-0.05, 0) is 6.20 Å². The van der Waals surface area contributed by atoms with Crippen molar-refractivity contribution in [2.45, 2.75) is 0 Å². The molecule has 1 aromatic heterocycles. The smallest absolute Gasteiger partial charge is 0.240 e. The van der Waals surface area contributed by atoms with Crippen molar-refractivity contribution in [2.24, 2.45) is 0 Å². The van der Waals surface area contributed by atoms with Gasteiger partial charge in [-0.25, -0.2) is 0 Å². The van der Waals surface area contributed by atoms with E-state index in [1.807, 2.05) is 0 Å². The molecule has 3 N–H and O–H groups in total. The molecule has 0 aliphatic carbocycles. The number of nitrogens with zero attached hydrogens (tertiary/aromatic N) is 4. The largest absolute Gasteiger partial charge is 0.368 e. The number of nitrogens with one attached hydrogen (secondary N) is 1. The second-order valence-corrected chi connectivity index (χ2v) is 2.44. The Morgan fingerprint density at radius 2 is 1.80 bits per heavy atom. The highest BCUT2D eigenvalue weighted by Gasteiger charge is 2.06. The Morgan fingerprint density at radius 3 is 2.33 bits per heavy atom. The molecule has 1 heterocycles. The van der Waals surface area contributed by atoms with E-state index in [-0.39, 0.29) is 5.95 Å². The maximum absolute atomic E-state index is 5.51. The first kappa shape index (κ1) is 10.7. The monoisotopic (exact) mass is 204 g/mol. The molecule has 0 bridgehead atoms. The highest BCUT2D eigenvalue weighted by molar-refractivity contribution is 5.46. The van der Waals surface area contributed by atoms with E-state index in [9.17, 15) is 0 Å². The first-order valence-electron chi connectivity index (χ1n) is 4.13. The highest BCUT2D eigenvalue weighted by Crippen LogP contribution is 2.11. The lowest BCUT2D eigenvalue weighted by molar-refractivity contribution is 1.02. The lowest BCUT2D eigenvalue weighted by Crippen LogP contribution is -2.13. The molecule has 15 heavy (non-hydrogen) atoms. The van der Waals surface area contributed by atoms with Crippen LogP contribution in [0.15, 0.2) is 38.3 Å². The SMILES string of the molecule is C=CNc1nc(N)nc(N(C=C)C=C)n1. The second-order valence-electron chi connectivity index (χ2n) is 2.44. The third kappa shape index (κ3) is 2.53. The number of nitrogens with two attached hydrogens (primary N) is 1. The van der Waals surface area contributed by atoms with Gasteiger partial charge in [-0.15, -0.1) is 0 Å². The van der Waals surface area contributed by atoms with Crippen molar-refractivity contribution in [3.63, 3.8) is 0 Å². The molecule has 6 heteroatoms. The minimum atomic E-state index is 0.109. The summed E-state index contributed by atoms with van der Waals surface area (Å²) in [5.74, 6) is 0.774. The van der Waals surface area contributed by atoms with Crippen LogP contribution in [-0.2, 0) is 0 Å². The lowest BCUT2D eigenvalue weighted by Gasteiger charge is -2.12. The van der Waals surface area contributed by atoms with Gasteiger partial charge in [-0.1, -0.05) is 19.7 Å². The van der Waals surface area contributed by atoms with E-state index in [1.165, 1.54) is 23.5 Å². The zero-order valence-corrected chi connectivity index (χ0v) is 8.22. The topological polar surface area (TPSA) is 80.0 Å². The summed E-state index contributed by atoms with van der Waals surface area (Å²) in [5, 5.41) is 2.72. The number of rotatable bonds is 5. The predicted molar refractivity (Wildman–Crippen MR) is 60.9 cm³/mol. The second kappa shape index (κ2) is 4.75. The fourth-order valence-corrected chi connectivity index (χ4v) is 0.890. The maximum atomic E-state index is 5.51. The predicted octanol–water partition coefficient (Wildman–Crippen LogP) is 1.10. The lowest BCUT2D eigenvalue weighted by atomic mass is 10.7. The van der Waals surface area contributed by atoms with Gasteiger partial charge in [0.2, 0.25) is 17.8 Å². The molecule has 0 aromatic carbocycles. The minimum absolute atomic E-state index is 0.109. The van der Waals surface area contributed by atoms with E-state index in [4.69, 9.17) is 5.73 Å². The normalized spacial score (nSPS) is 9.07. The van der Waals surface area contributed by atoms with Crippen LogP contribution in [0.1, 0.15) is 0 Å². The summed E-state index contributed by atoms with van der Waals surface area (Å²) in [6, 6.07) is 0. The fraction of sp³-hybridized carbons (Fsp3) is 0. The number of aromatic nitrogens is 3. The van der Waals surface area contributed by atoms with E-state index in [2.05, 4.69) is 40.0 Å². The van der Waals surface area contributed by atoms with Gasteiger partial charge in [0.15, 0.2) is 0 Å². The fourth-order valence-electron chi connectivity index (χ4n) is 0.890. The van der Waals surface area contributed by atoms with Crippen LogP contribution in [0, 0.1) is 0 Å². The molecule has 0 fully saturated rings. The summed E-state index contributed by atoms with van der Waals surface area (Å²) in [5.41, 5.74) is 5.51. The van der Waals surface area contributed by atoms with Crippen molar-refractivity contribution < 1.29 is 0 Å². The molecule has 6 nitrogen and oxygen atoms in total. The Hall–Kier alpha value is -2.37. The Labute approximate surface area is 87.9 Å². The quantitative estimate of drug-likeness (QED) is 0.747. The molecule has 0 aliphatic rings. The average molecular weight is 204 g/mol. The van der Waals surface area contributed by atoms with Crippen molar-refractivity contribution >= 4 is 17.8 Å². The van der Waals surface area contributed by atoms with E-state index >= 15 is 0 Å². The van der Waals surface area contributed by atoms with Crippen molar-refractivity contribution in [2.75, 3.05) is 16.0 Å². The van der Waals surface area contributed by atoms with Crippen molar-refractivity contribution in [3.05, 3.63) is 38.3 Å². The number of hydrogen-bond acceptors (Lipinski definition) is 6. The van der Waals surface area contributed by atoms with Crippen molar-refractivity contribution in [1.29, 1.82) is 0 Å². The summed E-state index contributed by atoms with van der Waals surface area (Å²) in [4.78, 5) is 13.4. The van der Waals surface area contributed by atoms with Gasteiger partial charge >= 0.3 is 0 Å². The van der Waals surface area contributed by atoms with Gasteiger partial charge in [0, 0.05) is 12.4 Å². The van der Waals surface area contributed by atoms with E-state index in [0.717, 1.165) is 0 Å². The molecule has 0 atom stereocenters. The van der Waals surface area contributed by atoms with Gasteiger partial charge < -0.3 is 11.1 Å². The molecule has 78 valence electrons. The summed E-state index contributed by atoms with van der Waals surface area (Å²) in [7, 11) is 0. The van der Waals surface area contributed by atoms with Gasteiger partial charge in [0.25, 0.3) is 0 Å². The Balaban J connectivity index is 3.11. The van der Waals surface area contributed by atoms with Crippen LogP contribution in [0.3, 0.4) is 0 Å². The Bertz CT molecular complexity index is 378. The first-order valence-corrected chi connectivity index (χ1v) is 4.13. The zero-order chi connectivity index (χ0) is 11.3. The zero-order valence-electron chi connectivity index (χ0n) is 8.22. The van der Waals surface area contributed by atoms with Crippen LogP contribution in [-0.4, -0.2) is 15.0 Å². The molecule has 0 spiro atoms. The van der Waals surface area contributed by atoms with Gasteiger partial charge in [-0.2, -0.15) is 15.0 Å². The van der Waals surface area contributed by atoms with Crippen LogP contribution in [0.25, 0.3) is 0 Å². The number of nitrogen functional groups attached to an aromatic ring is 1. The molecule has 0 aliphatic heterocycles. The Morgan fingerprint density at radius 1 is 1.13 bits per heavy atom. The van der Waals surface area contributed by atoms with Crippen LogP contribution >= 0.6 is 0 Å². The first-order chi connectivity index (χ1) is 7.21. The van der Waals surface area contributed by atoms with E-state index in [1.54, 1.807) is 0 Å². The number of anilines is 3. The highest BCUT2D eigenvalue weighted by atomic mass is 15.3. The molecule has 1 aromatic rings. The summed E-state index contributed by atoms with van der Waals surface area (Å²) < 4.78 is 0.